The molecule has 0 amide bonds. The Labute approximate surface area is 112 Å². The number of rotatable bonds is 7. The molecule has 0 bridgehead atoms. The fourth-order valence-electron chi connectivity index (χ4n) is 1.59. The van der Waals surface area contributed by atoms with E-state index in [4.69, 9.17) is 5.84 Å². The molecule has 1 aromatic rings. The number of hydrogen-bond acceptors (Lipinski definition) is 3. The Morgan fingerprint density at radius 2 is 2.00 bits per heavy atom. The van der Waals surface area contributed by atoms with Gasteiger partial charge in [0.25, 0.3) is 0 Å². The van der Waals surface area contributed by atoms with Gasteiger partial charge in [0, 0.05) is 0 Å². The quantitative estimate of drug-likeness (QED) is 0.462. The third-order valence-electron chi connectivity index (χ3n) is 2.72. The molecule has 0 aliphatic carbocycles. The molecule has 0 saturated heterocycles. The van der Waals surface area contributed by atoms with Crippen molar-refractivity contribution >= 4 is 0 Å². The minimum atomic E-state index is -4.23. The number of halogens is 5. The lowest BCUT2D eigenvalue weighted by Crippen LogP contribution is -2.36. The van der Waals surface area contributed by atoms with Gasteiger partial charge in [0.05, 0.1) is 12.6 Å². The molecule has 8 heteroatoms. The molecule has 0 spiro atoms. The van der Waals surface area contributed by atoms with Gasteiger partial charge in [0.15, 0.2) is 0 Å². The maximum absolute atomic E-state index is 13.1. The van der Waals surface area contributed by atoms with Crippen molar-refractivity contribution in [2.75, 3.05) is 13.2 Å². The van der Waals surface area contributed by atoms with Crippen LogP contribution in [-0.2, 0) is 4.74 Å². The molecule has 3 nitrogen and oxygen atoms in total. The Morgan fingerprint density at radius 3 is 2.55 bits per heavy atom. The molecule has 0 heterocycles. The summed E-state index contributed by atoms with van der Waals surface area (Å²) in [5.74, 6) is 0.495. The number of hydrogen-bond donors (Lipinski definition) is 2. The van der Waals surface area contributed by atoms with E-state index < -0.39 is 30.8 Å². The Hall–Kier alpha value is -1.25. The zero-order valence-electron chi connectivity index (χ0n) is 10.7. The number of benzene rings is 1. The molecule has 1 rings (SSSR count). The van der Waals surface area contributed by atoms with Gasteiger partial charge in [0.1, 0.15) is 12.4 Å². The molecule has 0 aliphatic heterocycles. The summed E-state index contributed by atoms with van der Waals surface area (Å²) in [6.45, 7) is -0.146. The molecule has 0 aromatic heterocycles. The van der Waals surface area contributed by atoms with Crippen molar-refractivity contribution in [2.24, 2.45) is 5.84 Å². The minimum absolute atomic E-state index is 0.386. The predicted molar refractivity (Wildman–Crippen MR) is 63.0 cm³/mol. The van der Waals surface area contributed by atoms with E-state index in [1.807, 2.05) is 0 Å². The van der Waals surface area contributed by atoms with E-state index in [0.29, 0.717) is 11.1 Å². The second-order valence-electron chi connectivity index (χ2n) is 4.30. The maximum Gasteiger partial charge on any atom is 0.330 e. The molecule has 0 aliphatic rings. The van der Waals surface area contributed by atoms with Crippen LogP contribution in [0.15, 0.2) is 18.2 Å². The smallest absolute Gasteiger partial charge is 0.330 e. The SMILES string of the molecule is Cc1ccc(F)cc1C(COCC(F)(F)C(F)F)NN. The number of ether oxygens (including phenoxy) is 1. The highest BCUT2D eigenvalue weighted by molar-refractivity contribution is 5.29. The molecular formula is C12H15F5N2O. The van der Waals surface area contributed by atoms with Crippen LogP contribution in [0.5, 0.6) is 0 Å². The fraction of sp³-hybridized carbons (Fsp3) is 0.500. The van der Waals surface area contributed by atoms with Gasteiger partial charge in [-0.3, -0.25) is 11.3 Å². The van der Waals surface area contributed by atoms with Gasteiger partial charge in [-0.2, -0.15) is 8.78 Å². The highest BCUT2D eigenvalue weighted by Crippen LogP contribution is 2.24. The van der Waals surface area contributed by atoms with Crippen molar-refractivity contribution in [1.29, 1.82) is 0 Å². The summed E-state index contributed by atoms with van der Waals surface area (Å²) in [4.78, 5) is 0. The Morgan fingerprint density at radius 1 is 1.35 bits per heavy atom. The van der Waals surface area contributed by atoms with Crippen molar-refractivity contribution in [2.45, 2.75) is 25.3 Å². The summed E-state index contributed by atoms with van der Waals surface area (Å²) >= 11 is 0. The average Bonchev–Trinajstić information content (AvgIpc) is 2.37. The first-order chi connectivity index (χ1) is 9.27. The van der Waals surface area contributed by atoms with E-state index in [2.05, 4.69) is 10.2 Å². The van der Waals surface area contributed by atoms with Crippen molar-refractivity contribution in [3.63, 3.8) is 0 Å². The van der Waals surface area contributed by atoms with Crippen LogP contribution >= 0.6 is 0 Å². The molecule has 1 atom stereocenters. The lowest BCUT2D eigenvalue weighted by Gasteiger charge is -2.21. The monoisotopic (exact) mass is 298 g/mol. The first-order valence-corrected chi connectivity index (χ1v) is 5.74. The van der Waals surface area contributed by atoms with Gasteiger partial charge in [-0.1, -0.05) is 6.07 Å². The standard InChI is InChI=1S/C12H15F5N2O/c1-7-2-3-8(13)4-9(7)10(19-18)5-20-6-12(16,17)11(14)15/h2-4,10-11,19H,5-6,18H2,1H3. The van der Waals surface area contributed by atoms with Gasteiger partial charge in [-0.05, 0) is 30.2 Å². The molecule has 1 aromatic carbocycles. The van der Waals surface area contributed by atoms with Crippen LogP contribution in [0.25, 0.3) is 0 Å². The van der Waals surface area contributed by atoms with Gasteiger partial charge in [-0.15, -0.1) is 0 Å². The highest BCUT2D eigenvalue weighted by atomic mass is 19.3. The Balaban J connectivity index is 2.67. The highest BCUT2D eigenvalue weighted by Gasteiger charge is 2.41. The zero-order valence-corrected chi connectivity index (χ0v) is 10.7. The first kappa shape index (κ1) is 16.8. The summed E-state index contributed by atoms with van der Waals surface area (Å²) in [6.07, 6.45) is -3.80. The van der Waals surface area contributed by atoms with Crippen molar-refractivity contribution in [1.82, 2.24) is 5.43 Å². The van der Waals surface area contributed by atoms with Gasteiger partial charge in [-0.25, -0.2) is 13.2 Å². The van der Waals surface area contributed by atoms with Gasteiger partial charge < -0.3 is 4.74 Å². The number of alkyl halides is 4. The normalized spacial score (nSPS) is 13.8. The van der Waals surface area contributed by atoms with Crippen LogP contribution in [0.4, 0.5) is 22.0 Å². The maximum atomic E-state index is 13.1. The lowest BCUT2D eigenvalue weighted by atomic mass is 10.0. The van der Waals surface area contributed by atoms with Gasteiger partial charge in [0.2, 0.25) is 0 Å². The average molecular weight is 298 g/mol. The largest absolute Gasteiger partial charge is 0.373 e. The fourth-order valence-corrected chi connectivity index (χ4v) is 1.59. The van der Waals surface area contributed by atoms with Crippen LogP contribution in [0.1, 0.15) is 17.2 Å². The summed E-state index contributed by atoms with van der Waals surface area (Å²) < 4.78 is 66.9. The number of nitrogens with two attached hydrogens (primary N) is 1. The number of aryl methyl sites for hydroxylation is 1. The minimum Gasteiger partial charge on any atom is -0.373 e. The number of hydrazine groups is 1. The third-order valence-corrected chi connectivity index (χ3v) is 2.72. The van der Waals surface area contributed by atoms with E-state index >= 15 is 0 Å². The van der Waals surface area contributed by atoms with E-state index in [-0.39, 0.29) is 6.61 Å². The molecule has 0 saturated carbocycles. The van der Waals surface area contributed by atoms with Crippen molar-refractivity contribution < 1.29 is 26.7 Å². The van der Waals surface area contributed by atoms with Gasteiger partial charge >= 0.3 is 12.3 Å². The van der Waals surface area contributed by atoms with Crippen LogP contribution < -0.4 is 11.3 Å². The Kier molecular flexibility index (Phi) is 5.85. The zero-order chi connectivity index (χ0) is 15.3. The van der Waals surface area contributed by atoms with Crippen LogP contribution in [-0.4, -0.2) is 25.6 Å². The Bertz CT molecular complexity index is 442. The molecule has 0 fully saturated rings. The lowest BCUT2D eigenvalue weighted by molar-refractivity contribution is -0.167. The van der Waals surface area contributed by atoms with Crippen LogP contribution in [0, 0.1) is 12.7 Å². The first-order valence-electron chi connectivity index (χ1n) is 5.74. The van der Waals surface area contributed by atoms with E-state index in [1.54, 1.807) is 6.92 Å². The second-order valence-corrected chi connectivity index (χ2v) is 4.30. The van der Waals surface area contributed by atoms with E-state index in [1.165, 1.54) is 18.2 Å². The summed E-state index contributed by atoms with van der Waals surface area (Å²) in [6, 6.07) is 3.12. The van der Waals surface area contributed by atoms with E-state index in [0.717, 1.165) is 0 Å². The second kappa shape index (κ2) is 6.96. The van der Waals surface area contributed by atoms with E-state index in [9.17, 15) is 22.0 Å². The molecular weight excluding hydrogens is 283 g/mol. The third kappa shape index (κ3) is 4.39. The van der Waals surface area contributed by atoms with Crippen molar-refractivity contribution in [3.05, 3.63) is 35.1 Å². The molecule has 114 valence electrons. The number of nitrogens with one attached hydrogen (secondary N) is 1. The summed E-state index contributed by atoms with van der Waals surface area (Å²) in [5, 5.41) is 0. The summed E-state index contributed by atoms with van der Waals surface area (Å²) in [7, 11) is 0. The van der Waals surface area contributed by atoms with Crippen molar-refractivity contribution in [3.8, 4) is 0 Å². The topological polar surface area (TPSA) is 47.3 Å². The van der Waals surface area contributed by atoms with Crippen LogP contribution in [0.2, 0.25) is 0 Å². The molecule has 20 heavy (non-hydrogen) atoms. The van der Waals surface area contributed by atoms with Crippen LogP contribution in [0.3, 0.4) is 0 Å². The molecule has 3 N–H and O–H groups in total. The molecule has 0 radical (unpaired) electrons. The summed E-state index contributed by atoms with van der Waals surface area (Å²) in [5.41, 5.74) is 3.35. The molecule has 1 unspecified atom stereocenters. The predicted octanol–water partition coefficient (Wildman–Crippen LogP) is 2.56.